The van der Waals surface area contributed by atoms with Gasteiger partial charge in [0.15, 0.2) is 4.77 Å². The van der Waals surface area contributed by atoms with Crippen LogP contribution >= 0.6 is 12.2 Å². The summed E-state index contributed by atoms with van der Waals surface area (Å²) in [6, 6.07) is 19.9. The molecule has 0 aliphatic rings. The van der Waals surface area contributed by atoms with Gasteiger partial charge < -0.3 is 10.3 Å². The summed E-state index contributed by atoms with van der Waals surface area (Å²) in [4.78, 5) is 15.7. The maximum atomic E-state index is 12.7. The van der Waals surface area contributed by atoms with Crippen LogP contribution in [-0.4, -0.2) is 22.0 Å². The lowest BCUT2D eigenvalue weighted by Gasteiger charge is -2.16. The van der Waals surface area contributed by atoms with Crippen molar-refractivity contribution < 1.29 is 4.79 Å². The summed E-state index contributed by atoms with van der Waals surface area (Å²) in [7, 11) is 0. The molecule has 1 heterocycles. The molecule has 1 unspecified atom stereocenters. The largest absolute Gasteiger partial charge is 0.350 e. The number of para-hydroxylation sites is 1. The molecule has 1 aromatic heterocycles. The number of hydrogen-bond acceptors (Lipinski definition) is 2. The number of nitrogens with one attached hydrogen (secondary N) is 2. The van der Waals surface area contributed by atoms with Crippen LogP contribution in [0.5, 0.6) is 0 Å². The first-order valence-corrected chi connectivity index (χ1v) is 8.80. The van der Waals surface area contributed by atoms with Gasteiger partial charge in [0.05, 0.1) is 0 Å². The molecule has 128 valence electrons. The van der Waals surface area contributed by atoms with Crippen LogP contribution in [0.15, 0.2) is 66.9 Å². The van der Waals surface area contributed by atoms with Crippen molar-refractivity contribution in [2.24, 2.45) is 0 Å². The fourth-order valence-electron chi connectivity index (χ4n) is 2.90. The molecule has 0 aliphatic carbocycles. The molecular weight excluding hydrogens is 330 g/mol. The molecule has 0 saturated heterocycles. The van der Waals surface area contributed by atoms with E-state index in [2.05, 4.69) is 29.4 Å². The molecule has 0 radical (unpaired) electrons. The van der Waals surface area contributed by atoms with Gasteiger partial charge in [0, 0.05) is 24.3 Å². The number of carbonyl (C=O) groups is 1. The SMILES string of the molecule is CCC(CNC(=O)c1c[nH]c(=S)n1-c1ccccc1)c1ccccc1. The second kappa shape index (κ2) is 7.94. The number of nitrogens with zero attached hydrogens (tertiary/aromatic N) is 1. The van der Waals surface area contributed by atoms with Gasteiger partial charge in [0.25, 0.3) is 5.91 Å². The summed E-state index contributed by atoms with van der Waals surface area (Å²) in [5, 5.41) is 3.05. The molecule has 0 spiro atoms. The highest BCUT2D eigenvalue weighted by Gasteiger charge is 2.16. The molecule has 0 fully saturated rings. The quantitative estimate of drug-likeness (QED) is 0.644. The number of amides is 1. The topological polar surface area (TPSA) is 49.8 Å². The summed E-state index contributed by atoms with van der Waals surface area (Å²) in [6.07, 6.45) is 2.62. The van der Waals surface area contributed by atoms with Crippen LogP contribution in [0.25, 0.3) is 5.69 Å². The molecule has 3 aromatic rings. The van der Waals surface area contributed by atoms with Crippen molar-refractivity contribution in [2.75, 3.05) is 6.54 Å². The van der Waals surface area contributed by atoms with Gasteiger partial charge in [0.2, 0.25) is 0 Å². The van der Waals surface area contributed by atoms with Crippen LogP contribution in [0.4, 0.5) is 0 Å². The van der Waals surface area contributed by atoms with Crippen molar-refractivity contribution in [3.63, 3.8) is 0 Å². The van der Waals surface area contributed by atoms with E-state index in [0.717, 1.165) is 12.1 Å². The summed E-state index contributed by atoms with van der Waals surface area (Å²) < 4.78 is 2.26. The average molecular weight is 351 g/mol. The Balaban J connectivity index is 1.78. The summed E-state index contributed by atoms with van der Waals surface area (Å²) in [5.74, 6) is 0.155. The van der Waals surface area contributed by atoms with Gasteiger partial charge in [-0.15, -0.1) is 0 Å². The van der Waals surface area contributed by atoms with E-state index >= 15 is 0 Å². The maximum absolute atomic E-state index is 12.7. The van der Waals surface area contributed by atoms with Crippen molar-refractivity contribution in [2.45, 2.75) is 19.3 Å². The van der Waals surface area contributed by atoms with Crippen molar-refractivity contribution in [1.29, 1.82) is 0 Å². The predicted octanol–water partition coefficient (Wildman–Crippen LogP) is 4.46. The van der Waals surface area contributed by atoms with Crippen LogP contribution in [0.1, 0.15) is 35.3 Å². The third-order valence-electron chi connectivity index (χ3n) is 4.30. The fourth-order valence-corrected chi connectivity index (χ4v) is 3.16. The standard InChI is InChI=1S/C20H21N3OS/c1-2-15(16-9-5-3-6-10-16)13-21-19(24)18-14-22-20(25)23(18)17-11-7-4-8-12-17/h3-12,14-15H,2,13H2,1H3,(H,21,24)(H,22,25). The molecule has 25 heavy (non-hydrogen) atoms. The van der Waals surface area contributed by atoms with Crippen LogP contribution in [0.3, 0.4) is 0 Å². The molecule has 4 nitrogen and oxygen atoms in total. The maximum Gasteiger partial charge on any atom is 0.269 e. The molecule has 5 heteroatoms. The number of aromatic amines is 1. The molecule has 1 amide bonds. The fraction of sp³-hybridized carbons (Fsp3) is 0.200. The number of H-pyrrole nitrogens is 1. The predicted molar refractivity (Wildman–Crippen MR) is 103 cm³/mol. The summed E-state index contributed by atoms with van der Waals surface area (Å²) in [6.45, 7) is 2.72. The molecular formula is C20H21N3OS. The zero-order valence-electron chi connectivity index (χ0n) is 14.1. The average Bonchev–Trinajstić information content (AvgIpc) is 3.05. The Morgan fingerprint density at radius 1 is 1.12 bits per heavy atom. The Hall–Kier alpha value is -2.66. The number of imidazole rings is 1. The molecule has 2 aromatic carbocycles. The van der Waals surface area contributed by atoms with Crippen LogP contribution in [-0.2, 0) is 0 Å². The van der Waals surface area contributed by atoms with Crippen molar-refractivity contribution in [3.05, 3.63) is 82.9 Å². The minimum absolute atomic E-state index is 0.134. The Labute approximate surface area is 152 Å². The lowest BCUT2D eigenvalue weighted by Crippen LogP contribution is -2.29. The number of hydrogen-bond donors (Lipinski definition) is 2. The van der Waals surface area contributed by atoms with Crippen molar-refractivity contribution >= 4 is 18.1 Å². The Morgan fingerprint density at radius 2 is 1.76 bits per heavy atom. The lowest BCUT2D eigenvalue weighted by atomic mass is 9.96. The molecule has 0 bridgehead atoms. The Bertz CT molecular complexity index is 884. The molecule has 0 saturated carbocycles. The van der Waals surface area contributed by atoms with Gasteiger partial charge in [-0.3, -0.25) is 9.36 Å². The van der Waals surface area contributed by atoms with Crippen molar-refractivity contribution in [1.82, 2.24) is 14.9 Å². The zero-order valence-corrected chi connectivity index (χ0v) is 14.9. The first kappa shape index (κ1) is 17.2. The summed E-state index contributed by atoms with van der Waals surface area (Å²) >= 11 is 5.34. The molecule has 1 atom stereocenters. The number of benzene rings is 2. The summed E-state index contributed by atoms with van der Waals surface area (Å²) in [5.41, 5.74) is 2.62. The third-order valence-corrected chi connectivity index (χ3v) is 4.60. The smallest absolute Gasteiger partial charge is 0.269 e. The minimum atomic E-state index is -0.134. The number of aromatic nitrogens is 2. The normalized spacial score (nSPS) is 11.9. The Morgan fingerprint density at radius 3 is 2.40 bits per heavy atom. The second-order valence-corrected chi connectivity index (χ2v) is 6.26. The number of rotatable bonds is 6. The van der Waals surface area contributed by atoms with Gasteiger partial charge in [0.1, 0.15) is 5.69 Å². The van der Waals surface area contributed by atoms with Gasteiger partial charge in [-0.25, -0.2) is 0 Å². The van der Waals surface area contributed by atoms with E-state index in [1.807, 2.05) is 48.5 Å². The van der Waals surface area contributed by atoms with Gasteiger partial charge >= 0.3 is 0 Å². The van der Waals surface area contributed by atoms with E-state index in [-0.39, 0.29) is 11.8 Å². The van der Waals surface area contributed by atoms with Crippen LogP contribution in [0, 0.1) is 4.77 Å². The highest BCUT2D eigenvalue weighted by Crippen LogP contribution is 2.18. The van der Waals surface area contributed by atoms with E-state index in [9.17, 15) is 4.79 Å². The number of carbonyl (C=O) groups excluding carboxylic acids is 1. The van der Waals surface area contributed by atoms with Crippen LogP contribution in [0.2, 0.25) is 0 Å². The first-order valence-electron chi connectivity index (χ1n) is 8.39. The van der Waals surface area contributed by atoms with E-state index < -0.39 is 0 Å². The van der Waals surface area contributed by atoms with E-state index in [1.165, 1.54) is 5.56 Å². The first-order chi connectivity index (χ1) is 12.2. The minimum Gasteiger partial charge on any atom is -0.350 e. The van der Waals surface area contributed by atoms with Gasteiger partial charge in [-0.2, -0.15) is 0 Å². The third kappa shape index (κ3) is 3.88. The highest BCUT2D eigenvalue weighted by atomic mass is 32.1. The molecule has 3 rings (SSSR count). The van der Waals surface area contributed by atoms with Gasteiger partial charge in [-0.1, -0.05) is 55.5 Å². The Kier molecular flexibility index (Phi) is 5.46. The van der Waals surface area contributed by atoms with Crippen LogP contribution < -0.4 is 5.32 Å². The zero-order chi connectivity index (χ0) is 17.6. The van der Waals surface area contributed by atoms with E-state index in [0.29, 0.717) is 17.0 Å². The second-order valence-electron chi connectivity index (χ2n) is 5.88. The van der Waals surface area contributed by atoms with E-state index in [4.69, 9.17) is 12.2 Å². The van der Waals surface area contributed by atoms with Gasteiger partial charge in [-0.05, 0) is 36.3 Å². The monoisotopic (exact) mass is 351 g/mol. The highest BCUT2D eigenvalue weighted by molar-refractivity contribution is 7.71. The van der Waals surface area contributed by atoms with Crippen molar-refractivity contribution in [3.8, 4) is 5.69 Å². The molecule has 0 aliphatic heterocycles. The molecule has 2 N–H and O–H groups in total. The van der Waals surface area contributed by atoms with E-state index in [1.54, 1.807) is 10.8 Å². The lowest BCUT2D eigenvalue weighted by molar-refractivity contribution is 0.0944.